The molecule has 3 heteroatoms. The van der Waals surface area contributed by atoms with Gasteiger partial charge < -0.3 is 9.80 Å². The molecule has 9 rings (SSSR count). The molecular formula is C55H42N2S. The van der Waals surface area contributed by atoms with Crippen LogP contribution in [0.2, 0.25) is 0 Å². The van der Waals surface area contributed by atoms with Gasteiger partial charge in [0.1, 0.15) is 0 Å². The van der Waals surface area contributed by atoms with Crippen LogP contribution in [0, 0.1) is 0 Å². The van der Waals surface area contributed by atoms with Gasteiger partial charge in [-0.3, -0.25) is 0 Å². The molecule has 2 nitrogen and oxygen atoms in total. The van der Waals surface area contributed by atoms with E-state index in [1.807, 2.05) is 23.5 Å². The Kier molecular flexibility index (Phi) is 10.4. The third kappa shape index (κ3) is 7.52. The molecule has 278 valence electrons. The lowest BCUT2D eigenvalue weighted by Crippen LogP contribution is -2.10. The Morgan fingerprint density at radius 1 is 0.414 bits per heavy atom. The minimum atomic E-state index is 1.09. The summed E-state index contributed by atoms with van der Waals surface area (Å²) in [6.45, 7) is 5.92. The maximum absolute atomic E-state index is 3.78. The zero-order chi connectivity index (χ0) is 39.3. The zero-order valence-electron chi connectivity index (χ0n) is 32.4. The Hall–Kier alpha value is -7.20. The maximum atomic E-state index is 3.78. The summed E-state index contributed by atoms with van der Waals surface area (Å²) in [5, 5.41) is 2.59. The van der Waals surface area contributed by atoms with Crippen molar-refractivity contribution in [1.29, 1.82) is 0 Å². The second-order valence-electron chi connectivity index (χ2n) is 14.3. The molecule has 0 saturated heterocycles. The minimum absolute atomic E-state index is 1.09. The number of anilines is 6. The summed E-state index contributed by atoms with van der Waals surface area (Å²) in [5.74, 6) is 0. The number of hydrogen-bond donors (Lipinski definition) is 0. The molecule has 1 aromatic heterocycles. The van der Waals surface area contributed by atoms with Crippen LogP contribution in [0.5, 0.6) is 0 Å². The maximum Gasteiger partial charge on any atom is 0.0468 e. The molecule has 0 bridgehead atoms. The third-order valence-electron chi connectivity index (χ3n) is 10.6. The lowest BCUT2D eigenvalue weighted by Gasteiger charge is -2.26. The van der Waals surface area contributed by atoms with Crippen LogP contribution < -0.4 is 9.80 Å². The van der Waals surface area contributed by atoms with Crippen molar-refractivity contribution >= 4 is 71.2 Å². The number of allylic oxidation sites excluding steroid dienone is 5. The second kappa shape index (κ2) is 16.5. The van der Waals surface area contributed by atoms with Gasteiger partial charge in [-0.15, -0.1) is 11.3 Å². The number of thiophene rings is 1. The Balaban J connectivity index is 1.03. The average molecular weight is 763 g/mol. The van der Waals surface area contributed by atoms with E-state index < -0.39 is 0 Å². The molecule has 0 spiro atoms. The number of rotatable bonds is 11. The van der Waals surface area contributed by atoms with E-state index in [2.05, 4.69) is 230 Å². The Labute approximate surface area is 345 Å². The lowest BCUT2D eigenvalue weighted by atomic mass is 10.0. The third-order valence-corrected chi connectivity index (χ3v) is 11.8. The second-order valence-corrected chi connectivity index (χ2v) is 15.4. The quantitative estimate of drug-likeness (QED) is 0.121. The van der Waals surface area contributed by atoms with Crippen LogP contribution in [0.3, 0.4) is 0 Å². The van der Waals surface area contributed by atoms with Crippen molar-refractivity contribution in [2.24, 2.45) is 0 Å². The van der Waals surface area contributed by atoms with Crippen LogP contribution in [0.1, 0.15) is 12.5 Å². The van der Waals surface area contributed by atoms with Crippen molar-refractivity contribution in [2.45, 2.75) is 6.92 Å². The normalized spacial score (nSPS) is 11.6. The minimum Gasteiger partial charge on any atom is -0.311 e. The topological polar surface area (TPSA) is 6.48 Å². The number of para-hydroxylation sites is 1. The van der Waals surface area contributed by atoms with Crippen LogP contribution in [0.4, 0.5) is 34.1 Å². The van der Waals surface area contributed by atoms with E-state index in [9.17, 15) is 0 Å². The average Bonchev–Trinajstić information content (AvgIpc) is 3.66. The van der Waals surface area contributed by atoms with E-state index in [1.165, 1.54) is 48.0 Å². The first-order valence-electron chi connectivity index (χ1n) is 19.6. The van der Waals surface area contributed by atoms with E-state index in [-0.39, 0.29) is 0 Å². The molecule has 0 saturated carbocycles. The highest BCUT2D eigenvalue weighted by Crippen LogP contribution is 2.42. The SMILES string of the molecule is C=C/C=C\C=C(/C)c1ccc(N(c2ccc(-c3ccccc3)cc2)c2ccc(-c3ccc(N(c4ccccc4)c4ccc5sc6ccccc6c5c4)cc3)cc2)cc1. The standard InChI is InChI=1S/C55H42N2S/c1-3-4-7-14-40(2)41-21-29-47(30-22-41)56(48-31-23-43(24-32-48)42-15-8-5-9-16-42)49-33-25-44(26-34-49)45-27-35-50(36-28-45)57(46-17-10-6-11-18-46)51-37-38-55-53(39-51)52-19-12-13-20-54(52)58-55/h3-39H,1H2,2H3/b7-4-,40-14+. The molecule has 0 atom stereocenters. The smallest absolute Gasteiger partial charge is 0.0468 e. The highest BCUT2D eigenvalue weighted by Gasteiger charge is 2.16. The summed E-state index contributed by atoms with van der Waals surface area (Å²) >= 11 is 1.85. The number of fused-ring (bicyclic) bond motifs is 3. The molecule has 0 aliphatic heterocycles. The van der Waals surface area contributed by atoms with Gasteiger partial charge in [0, 0.05) is 54.3 Å². The van der Waals surface area contributed by atoms with Crippen molar-refractivity contribution < 1.29 is 0 Å². The summed E-state index contributed by atoms with van der Waals surface area (Å²) in [6.07, 6.45) is 7.89. The molecule has 58 heavy (non-hydrogen) atoms. The number of hydrogen-bond acceptors (Lipinski definition) is 3. The van der Waals surface area contributed by atoms with E-state index in [0.29, 0.717) is 0 Å². The molecule has 0 N–H and O–H groups in total. The predicted octanol–water partition coefficient (Wildman–Crippen LogP) is 16.5. The van der Waals surface area contributed by atoms with Crippen molar-refractivity contribution in [3.05, 3.63) is 237 Å². The first-order chi connectivity index (χ1) is 28.6. The van der Waals surface area contributed by atoms with Gasteiger partial charge in [-0.1, -0.05) is 146 Å². The Morgan fingerprint density at radius 2 is 0.845 bits per heavy atom. The van der Waals surface area contributed by atoms with E-state index in [4.69, 9.17) is 0 Å². The highest BCUT2D eigenvalue weighted by atomic mass is 32.1. The van der Waals surface area contributed by atoms with E-state index >= 15 is 0 Å². The zero-order valence-corrected chi connectivity index (χ0v) is 33.2. The van der Waals surface area contributed by atoms with Crippen molar-refractivity contribution in [3.8, 4) is 22.3 Å². The summed E-state index contributed by atoms with van der Waals surface area (Å²) in [6, 6.07) is 72.2. The first kappa shape index (κ1) is 36.4. The monoisotopic (exact) mass is 762 g/mol. The van der Waals surface area contributed by atoms with Gasteiger partial charge in [-0.2, -0.15) is 0 Å². The fourth-order valence-electron chi connectivity index (χ4n) is 7.61. The number of nitrogens with zero attached hydrogens (tertiary/aromatic N) is 2. The molecule has 8 aromatic carbocycles. The van der Waals surface area contributed by atoms with Crippen LogP contribution >= 0.6 is 11.3 Å². The molecule has 0 unspecified atom stereocenters. The van der Waals surface area contributed by atoms with Crippen molar-refractivity contribution in [3.63, 3.8) is 0 Å². The van der Waals surface area contributed by atoms with Gasteiger partial charge in [0.25, 0.3) is 0 Å². The molecule has 1 heterocycles. The van der Waals surface area contributed by atoms with Crippen molar-refractivity contribution in [2.75, 3.05) is 9.80 Å². The van der Waals surface area contributed by atoms with Crippen LogP contribution in [-0.2, 0) is 0 Å². The van der Waals surface area contributed by atoms with E-state index in [0.717, 1.165) is 39.7 Å². The fourth-order valence-corrected chi connectivity index (χ4v) is 8.70. The fraction of sp³-hybridized carbons (Fsp3) is 0.0182. The molecule has 0 aliphatic rings. The van der Waals surface area contributed by atoms with Gasteiger partial charge in [-0.05, 0) is 125 Å². The Bertz CT molecular complexity index is 2870. The van der Waals surface area contributed by atoms with Gasteiger partial charge in [0.2, 0.25) is 0 Å². The van der Waals surface area contributed by atoms with Gasteiger partial charge >= 0.3 is 0 Å². The highest BCUT2D eigenvalue weighted by molar-refractivity contribution is 7.25. The van der Waals surface area contributed by atoms with Gasteiger partial charge in [0.05, 0.1) is 0 Å². The first-order valence-corrected chi connectivity index (χ1v) is 20.4. The summed E-state index contributed by atoms with van der Waals surface area (Å²) in [4.78, 5) is 4.67. The Morgan fingerprint density at radius 3 is 1.41 bits per heavy atom. The van der Waals surface area contributed by atoms with Crippen LogP contribution in [0.15, 0.2) is 231 Å². The molecule has 0 aliphatic carbocycles. The molecule has 0 amide bonds. The summed E-state index contributed by atoms with van der Waals surface area (Å²) < 4.78 is 2.62. The molecule has 0 fully saturated rings. The molecule has 0 radical (unpaired) electrons. The lowest BCUT2D eigenvalue weighted by molar-refractivity contribution is 1.28. The largest absolute Gasteiger partial charge is 0.311 e. The van der Waals surface area contributed by atoms with Crippen LogP contribution in [0.25, 0.3) is 48.0 Å². The van der Waals surface area contributed by atoms with Crippen molar-refractivity contribution in [1.82, 2.24) is 0 Å². The number of benzene rings is 8. The van der Waals surface area contributed by atoms with Crippen LogP contribution in [-0.4, -0.2) is 0 Å². The summed E-state index contributed by atoms with van der Waals surface area (Å²) in [7, 11) is 0. The molecule has 9 aromatic rings. The van der Waals surface area contributed by atoms with E-state index in [1.54, 1.807) is 6.08 Å². The predicted molar refractivity (Wildman–Crippen MR) is 253 cm³/mol. The van der Waals surface area contributed by atoms with Gasteiger partial charge in [-0.25, -0.2) is 0 Å². The summed E-state index contributed by atoms with van der Waals surface area (Å²) in [5.41, 5.74) is 13.8. The van der Waals surface area contributed by atoms with Gasteiger partial charge in [0.15, 0.2) is 0 Å². The molecular weight excluding hydrogens is 721 g/mol.